The highest BCUT2D eigenvalue weighted by molar-refractivity contribution is 7.17. The molecule has 0 radical (unpaired) electrons. The second kappa shape index (κ2) is 11.6. The predicted octanol–water partition coefficient (Wildman–Crippen LogP) is 3.46. The van der Waals surface area contributed by atoms with Gasteiger partial charge in [-0.05, 0) is 73.6 Å². The van der Waals surface area contributed by atoms with Crippen molar-refractivity contribution in [2.45, 2.75) is 39.2 Å². The van der Waals surface area contributed by atoms with Gasteiger partial charge in [-0.2, -0.15) is 5.26 Å². The van der Waals surface area contributed by atoms with E-state index in [4.69, 9.17) is 9.47 Å². The summed E-state index contributed by atoms with van der Waals surface area (Å²) >= 11 is 2.14. The molecule has 0 amide bonds. The van der Waals surface area contributed by atoms with Crippen molar-refractivity contribution in [3.8, 4) is 28.0 Å². The average molecular weight is 618 g/mol. The number of aliphatic carboxylic acids is 2. The van der Waals surface area contributed by atoms with Crippen LogP contribution in [0.3, 0.4) is 0 Å². The van der Waals surface area contributed by atoms with Gasteiger partial charge in [0.25, 0.3) is 5.56 Å². The van der Waals surface area contributed by atoms with Gasteiger partial charge in [-0.3, -0.25) is 14.2 Å². The molecule has 2 aliphatic heterocycles. The van der Waals surface area contributed by atoms with Crippen molar-refractivity contribution in [2.24, 2.45) is 0 Å². The zero-order valence-corrected chi connectivity index (χ0v) is 24.8. The number of fused-ring (bicyclic) bond motifs is 2. The Morgan fingerprint density at radius 1 is 1.12 bits per heavy atom. The van der Waals surface area contributed by atoms with Crippen LogP contribution >= 0.6 is 22.7 Å². The molecule has 12 heteroatoms. The Hall–Kier alpha value is -4.60. The molecule has 1 aromatic carbocycles. The molecule has 0 saturated heterocycles. The molecular weight excluding hydrogens is 590 g/mol. The molecule has 0 saturated carbocycles. The van der Waals surface area contributed by atoms with E-state index in [9.17, 15) is 29.9 Å². The van der Waals surface area contributed by atoms with Crippen molar-refractivity contribution in [1.29, 1.82) is 5.26 Å². The molecular formula is C31H27N3O7S2. The molecule has 43 heavy (non-hydrogen) atoms. The molecule has 3 aliphatic rings. The van der Waals surface area contributed by atoms with E-state index < -0.39 is 29.6 Å². The number of ether oxygens (including phenoxy) is 2. The first-order valence-electron chi connectivity index (χ1n) is 13.8. The number of carbonyl (C=O) groups is 2. The van der Waals surface area contributed by atoms with E-state index in [1.54, 1.807) is 12.1 Å². The fourth-order valence-corrected chi connectivity index (χ4v) is 8.01. The number of carboxylic acid groups (broad SMARTS) is 2. The van der Waals surface area contributed by atoms with Crippen molar-refractivity contribution >= 4 is 51.9 Å². The largest absolute Gasteiger partial charge is 0.485 e. The van der Waals surface area contributed by atoms with Gasteiger partial charge in [0.05, 0.1) is 14.3 Å². The number of allylic oxidation sites excluding steroid dienone is 3. The fourth-order valence-electron chi connectivity index (χ4n) is 5.73. The van der Waals surface area contributed by atoms with Gasteiger partial charge in [-0.1, -0.05) is 12.1 Å². The fraction of sp³-hybridized carbons (Fsp3) is 0.290. The van der Waals surface area contributed by atoms with Crippen LogP contribution < -0.4 is 29.1 Å². The maximum atomic E-state index is 13.3. The highest BCUT2D eigenvalue weighted by Crippen LogP contribution is 2.50. The van der Waals surface area contributed by atoms with Gasteiger partial charge in [0.1, 0.15) is 30.5 Å². The summed E-state index contributed by atoms with van der Waals surface area (Å²) in [6, 6.07) is 7.98. The van der Waals surface area contributed by atoms with Crippen LogP contribution in [0.25, 0.3) is 22.1 Å². The van der Waals surface area contributed by atoms with Gasteiger partial charge in [0, 0.05) is 17.9 Å². The minimum atomic E-state index is -1.54. The summed E-state index contributed by atoms with van der Waals surface area (Å²) < 4.78 is 12.7. The monoisotopic (exact) mass is 617 g/mol. The molecule has 10 nitrogen and oxygen atoms in total. The molecule has 6 rings (SSSR count). The summed E-state index contributed by atoms with van der Waals surface area (Å²) in [5.74, 6) is -1.83. The zero-order valence-electron chi connectivity index (χ0n) is 23.2. The highest BCUT2D eigenvalue weighted by Gasteiger charge is 2.27. The smallest absolute Gasteiger partial charge is 0.349 e. The Bertz CT molecular complexity index is 1950. The number of rotatable bonds is 6. The summed E-state index contributed by atoms with van der Waals surface area (Å²) in [6.07, 6.45) is 10.1. The van der Waals surface area contributed by atoms with E-state index in [-0.39, 0.29) is 9.20 Å². The molecule has 1 aliphatic carbocycles. The van der Waals surface area contributed by atoms with Gasteiger partial charge < -0.3 is 24.6 Å². The molecule has 0 bridgehead atoms. The second-order valence-corrected chi connectivity index (χ2v) is 12.2. The van der Waals surface area contributed by atoms with Crippen molar-refractivity contribution in [3.05, 3.63) is 71.6 Å². The number of carboxylic acids is 2. The molecule has 0 spiro atoms. The summed E-state index contributed by atoms with van der Waals surface area (Å²) in [7, 11) is 0. The Morgan fingerprint density at radius 2 is 1.91 bits per heavy atom. The molecule has 220 valence electrons. The van der Waals surface area contributed by atoms with Crippen LogP contribution in [-0.4, -0.2) is 46.5 Å². The zero-order chi connectivity index (χ0) is 30.2. The molecule has 0 unspecified atom stereocenters. The second-order valence-electron chi connectivity index (χ2n) is 10.2. The minimum absolute atomic E-state index is 0.0836. The summed E-state index contributed by atoms with van der Waals surface area (Å²) in [5, 5.41) is 28.2. The summed E-state index contributed by atoms with van der Waals surface area (Å²) in [5.41, 5.74) is 4.75. The van der Waals surface area contributed by atoms with Crippen molar-refractivity contribution in [1.82, 2.24) is 4.57 Å². The summed E-state index contributed by atoms with van der Waals surface area (Å²) in [6.45, 7) is 2.92. The first kappa shape index (κ1) is 28.5. The molecule has 4 heterocycles. The van der Waals surface area contributed by atoms with Crippen molar-refractivity contribution < 1.29 is 29.3 Å². The number of benzene rings is 1. The number of hydrogen-bond acceptors (Lipinski definition) is 9. The summed E-state index contributed by atoms with van der Waals surface area (Å²) in [4.78, 5) is 40.2. The van der Waals surface area contributed by atoms with Gasteiger partial charge >= 0.3 is 11.9 Å². The molecule has 0 fully saturated rings. The van der Waals surface area contributed by atoms with E-state index in [1.807, 2.05) is 0 Å². The lowest BCUT2D eigenvalue weighted by atomic mass is 9.96. The van der Waals surface area contributed by atoms with Crippen LogP contribution in [0.15, 0.2) is 46.4 Å². The lowest BCUT2D eigenvalue weighted by molar-refractivity contribution is -0.138. The molecule has 2 N–H and O–H groups in total. The van der Waals surface area contributed by atoms with E-state index in [1.165, 1.54) is 33.9 Å². The number of hydrogen-bond donors (Lipinski definition) is 2. The molecule has 3 aromatic rings. The van der Waals surface area contributed by atoms with Crippen LogP contribution in [0.4, 0.5) is 5.69 Å². The number of nitrogens with zero attached hydrogens (tertiary/aromatic N) is 3. The number of aryl methyl sites for hydroxylation is 1. The van der Waals surface area contributed by atoms with E-state index in [2.05, 4.69) is 42.2 Å². The van der Waals surface area contributed by atoms with Crippen LogP contribution in [0.2, 0.25) is 0 Å². The standard InChI is InChI=1S/C31H27N3O7S2/c1-2-33-21-6-4-3-5-17(21)7-8-18-13-19(9-10-22(18)33)28-27-26(40-11-12-41-27)23(42-28)14-24-29(37)34(16-25(35)36)30(43-24)20(15-32)31(38)39/h4,6,9-10,13-14H,2-3,5,7-8,11-12,16H2,1H3,(H,35,36)(H,38,39)/b24-14+,30-20+. The number of likely N-dealkylation sites (N-methyl/N-ethyl adjacent to an activating group) is 1. The number of nitriles is 1. The van der Waals surface area contributed by atoms with Gasteiger partial charge in [-0.25, -0.2) is 4.79 Å². The van der Waals surface area contributed by atoms with Crippen molar-refractivity contribution in [2.75, 3.05) is 24.7 Å². The van der Waals surface area contributed by atoms with E-state index >= 15 is 0 Å². The normalized spacial score (nSPS) is 16.7. The van der Waals surface area contributed by atoms with E-state index in [0.717, 1.165) is 58.6 Å². The minimum Gasteiger partial charge on any atom is -0.485 e. The van der Waals surface area contributed by atoms with Gasteiger partial charge in [0.2, 0.25) is 0 Å². The SMILES string of the molecule is CCN1C2=C(CCC=C2)CCc2cc(-c3sc(/C=c4/s/c(=C(\C#N)C(=O)O)n(CC(=O)O)c4=O)c4c3OCCO4)ccc21. The predicted molar refractivity (Wildman–Crippen MR) is 163 cm³/mol. The van der Waals surface area contributed by atoms with Crippen LogP contribution in [0, 0.1) is 11.3 Å². The first-order valence-corrected chi connectivity index (χ1v) is 15.5. The Morgan fingerprint density at radius 3 is 2.63 bits per heavy atom. The third-order valence-electron chi connectivity index (χ3n) is 7.61. The third-order valence-corrected chi connectivity index (χ3v) is 9.89. The number of aromatic nitrogens is 1. The quantitative estimate of drug-likeness (QED) is 0.425. The number of thiophene rings is 1. The lowest BCUT2D eigenvalue weighted by Gasteiger charge is -2.28. The van der Waals surface area contributed by atoms with Crippen LogP contribution in [0.1, 0.15) is 36.6 Å². The molecule has 0 atom stereocenters. The third kappa shape index (κ3) is 5.15. The van der Waals surface area contributed by atoms with Crippen LogP contribution in [-0.2, 0) is 22.6 Å². The van der Waals surface area contributed by atoms with Gasteiger partial charge in [0.15, 0.2) is 17.1 Å². The van der Waals surface area contributed by atoms with Crippen LogP contribution in [0.5, 0.6) is 11.5 Å². The average Bonchev–Trinajstić information content (AvgIpc) is 3.44. The molecule has 2 aromatic heterocycles. The first-order chi connectivity index (χ1) is 20.8. The number of thiazole rings is 1. The number of anilines is 1. The lowest BCUT2D eigenvalue weighted by Crippen LogP contribution is -2.35. The maximum absolute atomic E-state index is 13.3. The van der Waals surface area contributed by atoms with Crippen molar-refractivity contribution in [3.63, 3.8) is 0 Å². The maximum Gasteiger partial charge on any atom is 0.349 e. The topological polar surface area (TPSA) is 142 Å². The Kier molecular flexibility index (Phi) is 7.68. The Balaban J connectivity index is 1.48. The Labute approximate surface area is 254 Å². The van der Waals surface area contributed by atoms with Gasteiger partial charge in [-0.15, -0.1) is 22.7 Å². The van der Waals surface area contributed by atoms with E-state index in [0.29, 0.717) is 29.6 Å². The highest BCUT2D eigenvalue weighted by atomic mass is 32.1.